The zero-order chi connectivity index (χ0) is 15.4. The van der Waals surface area contributed by atoms with Gasteiger partial charge in [-0.25, -0.2) is 4.98 Å². The van der Waals surface area contributed by atoms with Gasteiger partial charge in [0.15, 0.2) is 0 Å². The van der Waals surface area contributed by atoms with Gasteiger partial charge in [-0.2, -0.15) is 4.52 Å². The highest BCUT2D eigenvalue weighted by Gasteiger charge is 2.12. The molecule has 0 saturated heterocycles. The van der Waals surface area contributed by atoms with Crippen molar-refractivity contribution in [1.82, 2.24) is 19.8 Å². The maximum Gasteiger partial charge on any atom is 0.134 e. The lowest BCUT2D eigenvalue weighted by atomic mass is 10.1. The number of fused-ring (bicyclic) bond motifs is 3. The monoisotopic (exact) mass is 295 g/mol. The molecule has 1 atom stereocenters. The number of rotatable bonds is 7. The number of nitrogens with zero attached hydrogens (tertiary/aromatic N) is 4. The highest BCUT2D eigenvalue weighted by atomic mass is 15.4. The summed E-state index contributed by atoms with van der Waals surface area (Å²) < 4.78 is 1.81. The third-order valence-electron chi connectivity index (χ3n) is 3.90. The molecule has 2 N–H and O–H groups in total. The van der Waals surface area contributed by atoms with E-state index in [9.17, 15) is 0 Å². The first-order valence-corrected chi connectivity index (χ1v) is 7.74. The minimum Gasteiger partial charge on any atom is -0.327 e. The number of nitrogens with two attached hydrogens (primary N) is 1. The van der Waals surface area contributed by atoms with Crippen molar-refractivity contribution in [2.75, 3.05) is 0 Å². The van der Waals surface area contributed by atoms with Crippen molar-refractivity contribution in [3.8, 4) is 0 Å². The van der Waals surface area contributed by atoms with Crippen LogP contribution in [0.15, 0.2) is 43.1 Å². The summed E-state index contributed by atoms with van der Waals surface area (Å²) in [5, 5.41) is 9.26. The second-order valence-electron chi connectivity index (χ2n) is 5.61. The molecule has 22 heavy (non-hydrogen) atoms. The molecule has 0 radical (unpaired) electrons. The summed E-state index contributed by atoms with van der Waals surface area (Å²) in [6.07, 6.45) is 8.73. The Morgan fingerprint density at radius 2 is 2.14 bits per heavy atom. The molecular formula is C17H21N5. The van der Waals surface area contributed by atoms with Gasteiger partial charge in [0.1, 0.15) is 5.82 Å². The fourth-order valence-electron chi connectivity index (χ4n) is 2.75. The smallest absolute Gasteiger partial charge is 0.134 e. The summed E-state index contributed by atoms with van der Waals surface area (Å²) in [5.41, 5.74) is 8.21. The summed E-state index contributed by atoms with van der Waals surface area (Å²) >= 11 is 0. The number of unbranched alkanes of at least 4 members (excludes halogenated alkanes) is 2. The lowest BCUT2D eigenvalue weighted by Gasteiger charge is -2.12. The van der Waals surface area contributed by atoms with E-state index in [0.29, 0.717) is 6.42 Å². The first kappa shape index (κ1) is 14.7. The average molecular weight is 295 g/mol. The second kappa shape index (κ2) is 6.66. The SMILES string of the molecule is C=CCCCCC(N)Cc1nc2ccccc2c2cnnn12. The molecule has 0 spiro atoms. The topological polar surface area (TPSA) is 69.1 Å². The van der Waals surface area contributed by atoms with Crippen molar-refractivity contribution in [2.24, 2.45) is 5.73 Å². The van der Waals surface area contributed by atoms with Gasteiger partial charge in [0, 0.05) is 17.8 Å². The molecule has 0 bridgehead atoms. The molecule has 3 aromatic rings. The van der Waals surface area contributed by atoms with Crippen LogP contribution in [0.1, 0.15) is 31.5 Å². The molecule has 0 aliphatic heterocycles. The maximum atomic E-state index is 6.26. The number of hydrogen-bond acceptors (Lipinski definition) is 4. The quantitative estimate of drug-likeness (QED) is 0.537. The Morgan fingerprint density at radius 3 is 3.00 bits per heavy atom. The molecule has 1 aromatic carbocycles. The van der Waals surface area contributed by atoms with Gasteiger partial charge in [-0.3, -0.25) is 0 Å². The van der Waals surface area contributed by atoms with E-state index in [0.717, 1.165) is 47.9 Å². The molecule has 5 heteroatoms. The summed E-state index contributed by atoms with van der Waals surface area (Å²) in [6.45, 7) is 3.74. The van der Waals surface area contributed by atoms with Crippen molar-refractivity contribution in [3.63, 3.8) is 0 Å². The van der Waals surface area contributed by atoms with Crippen molar-refractivity contribution in [3.05, 3.63) is 48.9 Å². The molecule has 0 aliphatic carbocycles. The molecule has 0 amide bonds. The third-order valence-corrected chi connectivity index (χ3v) is 3.90. The van der Waals surface area contributed by atoms with Crippen LogP contribution in [0.4, 0.5) is 0 Å². The number of para-hydroxylation sites is 1. The van der Waals surface area contributed by atoms with Gasteiger partial charge >= 0.3 is 0 Å². The Morgan fingerprint density at radius 1 is 1.27 bits per heavy atom. The first-order chi connectivity index (χ1) is 10.8. The molecular weight excluding hydrogens is 274 g/mol. The van der Waals surface area contributed by atoms with E-state index in [2.05, 4.69) is 16.9 Å². The lowest BCUT2D eigenvalue weighted by molar-refractivity contribution is 0.545. The van der Waals surface area contributed by atoms with Crippen LogP contribution >= 0.6 is 0 Å². The van der Waals surface area contributed by atoms with E-state index in [4.69, 9.17) is 10.7 Å². The summed E-state index contributed by atoms with van der Waals surface area (Å²) in [6, 6.07) is 8.14. The predicted molar refractivity (Wildman–Crippen MR) is 88.6 cm³/mol. The molecule has 2 heterocycles. The Labute approximate surface area is 129 Å². The molecule has 0 fully saturated rings. The zero-order valence-electron chi connectivity index (χ0n) is 12.7. The van der Waals surface area contributed by atoms with E-state index < -0.39 is 0 Å². The van der Waals surface area contributed by atoms with Crippen LogP contribution in [0.25, 0.3) is 16.4 Å². The fourth-order valence-corrected chi connectivity index (χ4v) is 2.75. The van der Waals surface area contributed by atoms with Crippen LogP contribution in [0.5, 0.6) is 0 Å². The molecule has 2 aromatic heterocycles. The first-order valence-electron chi connectivity index (χ1n) is 7.74. The minimum atomic E-state index is 0.0888. The number of hydrogen-bond donors (Lipinski definition) is 1. The number of aromatic nitrogens is 4. The largest absolute Gasteiger partial charge is 0.327 e. The van der Waals surface area contributed by atoms with Gasteiger partial charge in [-0.1, -0.05) is 35.9 Å². The van der Waals surface area contributed by atoms with E-state index >= 15 is 0 Å². The third kappa shape index (κ3) is 2.99. The van der Waals surface area contributed by atoms with Gasteiger partial charge < -0.3 is 5.73 Å². The minimum absolute atomic E-state index is 0.0888. The van der Waals surface area contributed by atoms with Gasteiger partial charge in [0.2, 0.25) is 0 Å². The number of benzene rings is 1. The van der Waals surface area contributed by atoms with E-state index in [1.807, 2.05) is 34.9 Å². The summed E-state index contributed by atoms with van der Waals surface area (Å²) in [5.74, 6) is 0.877. The standard InChI is InChI=1S/C17H21N5/c1-2-3-4-5-8-13(18)11-17-20-15-10-7-6-9-14(15)16-12-19-21-22(16)17/h2,6-7,9-10,12-13H,1,3-5,8,11,18H2. The maximum absolute atomic E-state index is 6.26. The summed E-state index contributed by atoms with van der Waals surface area (Å²) in [7, 11) is 0. The fraction of sp³-hybridized carbons (Fsp3) is 0.353. The van der Waals surface area contributed by atoms with Gasteiger partial charge in [0.25, 0.3) is 0 Å². The zero-order valence-corrected chi connectivity index (χ0v) is 12.7. The van der Waals surface area contributed by atoms with Gasteiger partial charge in [-0.15, -0.1) is 11.7 Å². The van der Waals surface area contributed by atoms with Crippen LogP contribution in [0.2, 0.25) is 0 Å². The van der Waals surface area contributed by atoms with Crippen LogP contribution in [-0.2, 0) is 6.42 Å². The molecule has 1 unspecified atom stereocenters. The molecule has 5 nitrogen and oxygen atoms in total. The van der Waals surface area contributed by atoms with Crippen molar-refractivity contribution in [1.29, 1.82) is 0 Å². The highest BCUT2D eigenvalue weighted by molar-refractivity contribution is 5.92. The van der Waals surface area contributed by atoms with E-state index in [1.165, 1.54) is 0 Å². The molecule has 0 saturated carbocycles. The Bertz CT molecular complexity index is 777. The highest BCUT2D eigenvalue weighted by Crippen LogP contribution is 2.19. The average Bonchev–Trinajstić information content (AvgIpc) is 3.02. The van der Waals surface area contributed by atoms with Crippen molar-refractivity contribution < 1.29 is 0 Å². The molecule has 114 valence electrons. The van der Waals surface area contributed by atoms with Gasteiger partial charge in [0.05, 0.1) is 17.2 Å². The summed E-state index contributed by atoms with van der Waals surface area (Å²) in [4.78, 5) is 4.72. The van der Waals surface area contributed by atoms with E-state index in [-0.39, 0.29) is 6.04 Å². The Kier molecular flexibility index (Phi) is 4.44. The Hall–Kier alpha value is -2.27. The van der Waals surface area contributed by atoms with Crippen LogP contribution in [-0.4, -0.2) is 25.9 Å². The second-order valence-corrected chi connectivity index (χ2v) is 5.61. The van der Waals surface area contributed by atoms with Crippen LogP contribution in [0, 0.1) is 0 Å². The van der Waals surface area contributed by atoms with Crippen LogP contribution in [0.3, 0.4) is 0 Å². The van der Waals surface area contributed by atoms with E-state index in [1.54, 1.807) is 6.20 Å². The lowest BCUT2D eigenvalue weighted by Crippen LogP contribution is -2.25. The molecule has 0 aliphatic rings. The Balaban J connectivity index is 1.83. The van der Waals surface area contributed by atoms with Crippen molar-refractivity contribution >= 4 is 16.4 Å². The van der Waals surface area contributed by atoms with Gasteiger partial charge in [-0.05, 0) is 25.3 Å². The normalized spacial score (nSPS) is 12.8. The predicted octanol–water partition coefficient (Wildman–Crippen LogP) is 2.89. The molecule has 3 rings (SSSR count). The van der Waals surface area contributed by atoms with Crippen molar-refractivity contribution in [2.45, 2.75) is 38.1 Å². The number of allylic oxidation sites excluding steroid dienone is 1. The van der Waals surface area contributed by atoms with Crippen LogP contribution < -0.4 is 5.73 Å².